The molecule has 0 saturated heterocycles. The zero-order chi connectivity index (χ0) is 18.8. The van der Waals surface area contributed by atoms with E-state index in [1.54, 1.807) is 12.1 Å². The number of non-ortho nitro benzene ring substituents is 1. The zero-order valence-electron chi connectivity index (χ0n) is 12.8. The van der Waals surface area contributed by atoms with Crippen molar-refractivity contribution in [1.29, 1.82) is 0 Å². The summed E-state index contributed by atoms with van der Waals surface area (Å²) in [6.07, 6.45) is 0. The molecule has 0 spiro atoms. The van der Waals surface area contributed by atoms with Gasteiger partial charge < -0.3 is 0 Å². The monoisotopic (exact) mass is 402 g/mol. The summed E-state index contributed by atoms with van der Waals surface area (Å²) in [6, 6.07) is 9.23. The number of sulfonamides is 1. The minimum absolute atomic E-state index is 0.0390. The van der Waals surface area contributed by atoms with Gasteiger partial charge in [0.2, 0.25) is 5.24 Å². The number of hydrogen-bond acceptors (Lipinski definition) is 5. The van der Waals surface area contributed by atoms with Crippen LogP contribution in [0.5, 0.6) is 0 Å². The Balaban J connectivity index is 2.68. The van der Waals surface area contributed by atoms with Crippen molar-refractivity contribution in [3.63, 3.8) is 0 Å². The van der Waals surface area contributed by atoms with Gasteiger partial charge in [-0.25, -0.2) is 8.42 Å². The molecule has 2 aromatic rings. The number of benzene rings is 2. The fourth-order valence-corrected chi connectivity index (χ4v) is 4.25. The van der Waals surface area contributed by atoms with E-state index in [0.29, 0.717) is 0 Å². The lowest BCUT2D eigenvalue weighted by atomic mass is 10.3. The SMILES string of the molecule is CC(C(=O)Cl)N(c1ccccc1Cl)S(=O)(=O)c1cccc([N+](=O)[O-])c1. The predicted octanol–water partition coefficient (Wildman–Crippen LogP) is 3.60. The molecule has 1 atom stereocenters. The minimum atomic E-state index is -4.34. The second kappa shape index (κ2) is 7.38. The zero-order valence-corrected chi connectivity index (χ0v) is 15.1. The molecule has 0 aliphatic rings. The fourth-order valence-electron chi connectivity index (χ4n) is 2.14. The maximum absolute atomic E-state index is 13.0. The molecule has 0 amide bonds. The molecule has 132 valence electrons. The Morgan fingerprint density at radius 3 is 2.40 bits per heavy atom. The van der Waals surface area contributed by atoms with Crippen LogP contribution in [0.4, 0.5) is 11.4 Å². The third-order valence-corrected chi connectivity index (χ3v) is 5.87. The Morgan fingerprint density at radius 2 is 1.84 bits per heavy atom. The van der Waals surface area contributed by atoms with E-state index in [2.05, 4.69) is 0 Å². The summed E-state index contributed by atoms with van der Waals surface area (Å²) in [6.45, 7) is 1.30. The Bertz CT molecular complexity index is 933. The predicted molar refractivity (Wildman–Crippen MR) is 94.5 cm³/mol. The van der Waals surface area contributed by atoms with E-state index in [1.807, 2.05) is 0 Å². The number of nitrogens with zero attached hydrogens (tertiary/aromatic N) is 2. The van der Waals surface area contributed by atoms with Crippen LogP contribution in [-0.4, -0.2) is 24.6 Å². The van der Waals surface area contributed by atoms with E-state index in [1.165, 1.54) is 31.2 Å². The number of halogens is 2. The minimum Gasteiger partial charge on any atom is -0.279 e. The summed E-state index contributed by atoms with van der Waals surface area (Å²) < 4.78 is 26.8. The quantitative estimate of drug-likeness (QED) is 0.417. The van der Waals surface area contributed by atoms with Crippen molar-refractivity contribution in [3.8, 4) is 0 Å². The van der Waals surface area contributed by atoms with Crippen molar-refractivity contribution in [3.05, 3.63) is 63.7 Å². The number of para-hydroxylation sites is 1. The largest absolute Gasteiger partial charge is 0.279 e. The first-order chi connectivity index (χ1) is 11.7. The first-order valence-electron chi connectivity index (χ1n) is 6.89. The highest BCUT2D eigenvalue weighted by molar-refractivity contribution is 7.93. The first kappa shape index (κ1) is 19.2. The van der Waals surface area contributed by atoms with Gasteiger partial charge in [0.1, 0.15) is 6.04 Å². The van der Waals surface area contributed by atoms with Crippen molar-refractivity contribution < 1.29 is 18.1 Å². The van der Waals surface area contributed by atoms with Crippen LogP contribution in [-0.2, 0) is 14.8 Å². The van der Waals surface area contributed by atoms with Crippen molar-refractivity contribution in [2.45, 2.75) is 17.9 Å². The highest BCUT2D eigenvalue weighted by Gasteiger charge is 2.34. The second-order valence-corrected chi connectivity index (χ2v) is 7.58. The molecule has 25 heavy (non-hydrogen) atoms. The number of carbonyl (C=O) groups excluding carboxylic acids is 1. The van der Waals surface area contributed by atoms with Gasteiger partial charge in [-0.05, 0) is 36.7 Å². The normalized spacial score (nSPS) is 12.4. The lowest BCUT2D eigenvalue weighted by molar-refractivity contribution is -0.385. The van der Waals surface area contributed by atoms with Crippen molar-refractivity contribution in [1.82, 2.24) is 0 Å². The number of anilines is 1. The molecule has 0 heterocycles. The molecular formula is C15H12Cl2N2O5S. The van der Waals surface area contributed by atoms with Gasteiger partial charge in [0.15, 0.2) is 0 Å². The van der Waals surface area contributed by atoms with Crippen LogP contribution in [0.3, 0.4) is 0 Å². The van der Waals surface area contributed by atoms with Gasteiger partial charge in [-0.2, -0.15) is 0 Å². The summed E-state index contributed by atoms with van der Waals surface area (Å²) >= 11 is 11.6. The van der Waals surface area contributed by atoms with Crippen LogP contribution in [0.25, 0.3) is 0 Å². The van der Waals surface area contributed by atoms with E-state index in [-0.39, 0.29) is 15.6 Å². The van der Waals surface area contributed by atoms with Crippen molar-refractivity contribution >= 4 is 49.8 Å². The Morgan fingerprint density at radius 1 is 1.20 bits per heavy atom. The maximum Gasteiger partial charge on any atom is 0.270 e. The average molecular weight is 403 g/mol. The molecule has 2 rings (SSSR count). The van der Waals surface area contributed by atoms with Gasteiger partial charge in [-0.15, -0.1) is 0 Å². The van der Waals surface area contributed by atoms with E-state index < -0.39 is 31.9 Å². The lowest BCUT2D eigenvalue weighted by Crippen LogP contribution is -2.42. The van der Waals surface area contributed by atoms with E-state index in [4.69, 9.17) is 23.2 Å². The molecule has 0 N–H and O–H groups in total. The highest BCUT2D eigenvalue weighted by atomic mass is 35.5. The molecule has 0 radical (unpaired) electrons. The summed E-state index contributed by atoms with van der Waals surface area (Å²) in [5, 5.41) is 10.1. The maximum atomic E-state index is 13.0. The molecule has 0 aliphatic carbocycles. The molecule has 2 aromatic carbocycles. The van der Waals surface area contributed by atoms with E-state index in [9.17, 15) is 23.3 Å². The van der Waals surface area contributed by atoms with Gasteiger partial charge in [-0.1, -0.05) is 29.8 Å². The van der Waals surface area contributed by atoms with Crippen LogP contribution in [0.2, 0.25) is 5.02 Å². The van der Waals surface area contributed by atoms with Crippen LogP contribution >= 0.6 is 23.2 Å². The molecule has 0 bridgehead atoms. The van der Waals surface area contributed by atoms with Gasteiger partial charge in [0.05, 0.1) is 20.5 Å². The van der Waals surface area contributed by atoms with Crippen LogP contribution in [0.1, 0.15) is 6.92 Å². The average Bonchev–Trinajstić information content (AvgIpc) is 2.56. The Labute approximate surface area is 154 Å². The number of nitro groups is 1. The highest BCUT2D eigenvalue weighted by Crippen LogP contribution is 2.33. The number of carbonyl (C=O) groups is 1. The molecular weight excluding hydrogens is 391 g/mol. The molecule has 7 nitrogen and oxygen atoms in total. The molecule has 10 heteroatoms. The second-order valence-electron chi connectivity index (χ2n) is 4.99. The van der Waals surface area contributed by atoms with Crippen LogP contribution in [0.15, 0.2) is 53.4 Å². The smallest absolute Gasteiger partial charge is 0.270 e. The molecule has 1 unspecified atom stereocenters. The standard InChI is InChI=1S/C15H12Cl2N2O5S/c1-10(15(17)20)18(14-8-3-2-7-13(14)16)25(23,24)12-6-4-5-11(9-12)19(21)22/h2-10H,1H3. The van der Waals surface area contributed by atoms with Crippen molar-refractivity contribution in [2.24, 2.45) is 0 Å². The topological polar surface area (TPSA) is 97.6 Å². The van der Waals surface area contributed by atoms with Gasteiger partial charge in [0.25, 0.3) is 15.7 Å². The number of hydrogen-bond donors (Lipinski definition) is 0. The van der Waals surface area contributed by atoms with Crippen LogP contribution in [0, 0.1) is 10.1 Å². The third kappa shape index (κ3) is 3.92. The van der Waals surface area contributed by atoms with Crippen LogP contribution < -0.4 is 4.31 Å². The first-order valence-corrected chi connectivity index (χ1v) is 9.08. The van der Waals surface area contributed by atoms with E-state index in [0.717, 1.165) is 16.4 Å². The summed E-state index contributed by atoms with van der Waals surface area (Å²) in [5.74, 6) is 0. The molecule has 0 fully saturated rings. The molecule has 0 aliphatic heterocycles. The Hall–Kier alpha value is -2.16. The molecule has 0 aromatic heterocycles. The summed E-state index contributed by atoms with van der Waals surface area (Å²) in [7, 11) is -4.34. The van der Waals surface area contributed by atoms with Crippen molar-refractivity contribution in [2.75, 3.05) is 4.31 Å². The lowest BCUT2D eigenvalue weighted by Gasteiger charge is -2.29. The number of nitro benzene ring substituents is 1. The van der Waals surface area contributed by atoms with Gasteiger partial charge in [-0.3, -0.25) is 19.2 Å². The van der Waals surface area contributed by atoms with Gasteiger partial charge >= 0.3 is 0 Å². The van der Waals surface area contributed by atoms with Gasteiger partial charge in [0, 0.05) is 12.1 Å². The third-order valence-electron chi connectivity index (χ3n) is 3.36. The Kier molecular flexibility index (Phi) is 5.66. The summed E-state index contributed by atoms with van der Waals surface area (Å²) in [5.41, 5.74) is -0.359. The summed E-state index contributed by atoms with van der Waals surface area (Å²) in [4.78, 5) is 21.5. The van der Waals surface area contributed by atoms with E-state index >= 15 is 0 Å². The molecule has 0 saturated carbocycles. The number of rotatable bonds is 6. The fraction of sp³-hybridized carbons (Fsp3) is 0.133.